The fraction of sp³-hybridized carbons (Fsp3) is 0.867. The number of ether oxygens (including phenoxy) is 1. The first-order chi connectivity index (χ1) is 10.5. The summed E-state index contributed by atoms with van der Waals surface area (Å²) in [5.74, 6) is -0.617. The molecule has 2 amide bonds. The fourth-order valence-electron chi connectivity index (χ4n) is 2.91. The fourth-order valence-corrected chi connectivity index (χ4v) is 2.91. The quantitative estimate of drug-likeness (QED) is 0.630. The van der Waals surface area contributed by atoms with Gasteiger partial charge in [0.05, 0.1) is 12.1 Å². The van der Waals surface area contributed by atoms with E-state index in [2.05, 4.69) is 5.32 Å². The number of aliphatic hydroxyl groups is 2. The predicted molar refractivity (Wildman–Crippen MR) is 79.1 cm³/mol. The Morgan fingerprint density at radius 1 is 1.36 bits per heavy atom. The van der Waals surface area contributed by atoms with E-state index < -0.39 is 11.7 Å². The van der Waals surface area contributed by atoms with E-state index in [0.717, 1.165) is 12.8 Å². The highest BCUT2D eigenvalue weighted by Gasteiger charge is 2.30. The van der Waals surface area contributed by atoms with Crippen LogP contribution in [0.4, 0.5) is 0 Å². The number of likely N-dealkylation sites (tertiary alicyclic amines) is 1. The van der Waals surface area contributed by atoms with Gasteiger partial charge in [-0.15, -0.1) is 0 Å². The smallest absolute Gasteiger partial charge is 0.251 e. The molecule has 0 aromatic carbocycles. The molecule has 0 spiro atoms. The molecular formula is C15H26N2O5. The van der Waals surface area contributed by atoms with Crippen molar-refractivity contribution in [1.82, 2.24) is 10.2 Å². The Bertz CT molecular complexity index is 395. The summed E-state index contributed by atoms with van der Waals surface area (Å²) in [4.78, 5) is 25.2. The van der Waals surface area contributed by atoms with E-state index in [0.29, 0.717) is 52.0 Å². The van der Waals surface area contributed by atoms with Crippen LogP contribution in [0.15, 0.2) is 0 Å². The molecule has 1 atom stereocenters. The van der Waals surface area contributed by atoms with Gasteiger partial charge in [-0.05, 0) is 38.5 Å². The minimum Gasteiger partial charge on any atom is -0.390 e. The maximum atomic E-state index is 11.9. The van der Waals surface area contributed by atoms with Gasteiger partial charge < -0.3 is 25.2 Å². The van der Waals surface area contributed by atoms with Crippen molar-refractivity contribution in [3.8, 4) is 0 Å². The van der Waals surface area contributed by atoms with E-state index in [-0.39, 0.29) is 18.4 Å². The molecule has 7 heteroatoms. The van der Waals surface area contributed by atoms with Gasteiger partial charge in [0.15, 0.2) is 0 Å². The molecule has 7 nitrogen and oxygen atoms in total. The first-order valence-corrected chi connectivity index (χ1v) is 8.04. The van der Waals surface area contributed by atoms with Crippen LogP contribution in [0.3, 0.4) is 0 Å². The van der Waals surface area contributed by atoms with Gasteiger partial charge in [0, 0.05) is 26.3 Å². The van der Waals surface area contributed by atoms with Gasteiger partial charge >= 0.3 is 0 Å². The average molecular weight is 314 g/mol. The first kappa shape index (κ1) is 17.2. The van der Waals surface area contributed by atoms with Gasteiger partial charge in [-0.1, -0.05) is 0 Å². The molecule has 1 unspecified atom stereocenters. The molecule has 0 bridgehead atoms. The molecule has 0 saturated carbocycles. The summed E-state index contributed by atoms with van der Waals surface area (Å²) >= 11 is 0. The van der Waals surface area contributed by atoms with Crippen LogP contribution in [0.1, 0.15) is 38.5 Å². The zero-order chi connectivity index (χ0) is 16.0. The molecule has 2 heterocycles. The summed E-state index contributed by atoms with van der Waals surface area (Å²) in [5.41, 5.74) is -0.764. The van der Waals surface area contributed by atoms with Crippen molar-refractivity contribution in [2.45, 2.75) is 50.2 Å². The van der Waals surface area contributed by atoms with Crippen LogP contribution in [0.5, 0.6) is 0 Å². The van der Waals surface area contributed by atoms with Crippen molar-refractivity contribution >= 4 is 11.8 Å². The van der Waals surface area contributed by atoms with Gasteiger partial charge in [-0.25, -0.2) is 0 Å². The van der Waals surface area contributed by atoms with Gasteiger partial charge in [-0.3, -0.25) is 9.59 Å². The molecule has 0 aromatic rings. The Kier molecular flexibility index (Phi) is 6.16. The Labute approximate surface area is 130 Å². The third-order valence-corrected chi connectivity index (χ3v) is 4.42. The minimum atomic E-state index is -0.988. The van der Waals surface area contributed by atoms with Crippen LogP contribution in [0.2, 0.25) is 0 Å². The lowest BCUT2D eigenvalue weighted by Crippen LogP contribution is -2.45. The summed E-state index contributed by atoms with van der Waals surface area (Å²) in [6, 6.07) is 0. The number of carbonyl (C=O) groups is 2. The predicted octanol–water partition coefficient (Wildman–Crippen LogP) is -0.592. The SMILES string of the molecule is O=C(CN1CCCCC(O)C1=O)NCCC1(O)CCOCC1. The molecule has 2 saturated heterocycles. The van der Waals surface area contributed by atoms with Crippen molar-refractivity contribution < 1.29 is 24.5 Å². The molecule has 22 heavy (non-hydrogen) atoms. The highest BCUT2D eigenvalue weighted by molar-refractivity contribution is 5.87. The monoisotopic (exact) mass is 314 g/mol. The van der Waals surface area contributed by atoms with Gasteiger partial charge in [0.2, 0.25) is 5.91 Å². The molecule has 2 aliphatic heterocycles. The first-order valence-electron chi connectivity index (χ1n) is 8.04. The van der Waals surface area contributed by atoms with Gasteiger partial charge in [0.25, 0.3) is 5.91 Å². The van der Waals surface area contributed by atoms with Crippen molar-refractivity contribution in [3.05, 3.63) is 0 Å². The summed E-state index contributed by atoms with van der Waals surface area (Å²) in [7, 11) is 0. The van der Waals surface area contributed by atoms with E-state index in [1.807, 2.05) is 0 Å². The third kappa shape index (κ3) is 4.93. The Morgan fingerprint density at radius 2 is 2.09 bits per heavy atom. The molecule has 126 valence electrons. The van der Waals surface area contributed by atoms with E-state index in [1.54, 1.807) is 0 Å². The highest BCUT2D eigenvalue weighted by atomic mass is 16.5. The second-order valence-electron chi connectivity index (χ2n) is 6.21. The lowest BCUT2D eigenvalue weighted by molar-refractivity contribution is -0.142. The summed E-state index contributed by atoms with van der Waals surface area (Å²) in [5, 5.41) is 22.7. The second-order valence-corrected chi connectivity index (χ2v) is 6.21. The number of amides is 2. The van der Waals surface area contributed by atoms with Crippen molar-refractivity contribution in [1.29, 1.82) is 0 Å². The average Bonchev–Trinajstić information content (AvgIpc) is 2.63. The molecule has 2 aliphatic rings. The number of nitrogens with one attached hydrogen (secondary N) is 1. The molecule has 0 aliphatic carbocycles. The number of rotatable bonds is 5. The van der Waals surface area contributed by atoms with Crippen LogP contribution in [-0.4, -0.2) is 71.5 Å². The molecular weight excluding hydrogens is 288 g/mol. The minimum absolute atomic E-state index is 0.0303. The molecule has 2 fully saturated rings. The van der Waals surface area contributed by atoms with Crippen LogP contribution in [0, 0.1) is 0 Å². The number of aliphatic hydroxyl groups excluding tert-OH is 1. The molecule has 0 aromatic heterocycles. The lowest BCUT2D eigenvalue weighted by Gasteiger charge is -2.32. The normalized spacial score (nSPS) is 25.6. The Balaban J connectivity index is 1.71. The zero-order valence-corrected chi connectivity index (χ0v) is 12.9. The van der Waals surface area contributed by atoms with E-state index >= 15 is 0 Å². The van der Waals surface area contributed by atoms with E-state index in [4.69, 9.17) is 4.74 Å². The maximum Gasteiger partial charge on any atom is 0.251 e. The van der Waals surface area contributed by atoms with Crippen LogP contribution in [0.25, 0.3) is 0 Å². The number of hydrogen-bond acceptors (Lipinski definition) is 5. The van der Waals surface area contributed by atoms with Crippen LogP contribution in [-0.2, 0) is 14.3 Å². The number of hydrogen-bond donors (Lipinski definition) is 3. The standard InChI is InChI=1S/C15H26N2O5/c18-12-3-1-2-8-17(14(12)20)11-13(19)16-7-4-15(21)5-9-22-10-6-15/h12,18,21H,1-11H2,(H,16,19). The molecule has 2 rings (SSSR count). The number of carbonyl (C=O) groups excluding carboxylic acids is 2. The van der Waals surface area contributed by atoms with E-state index in [1.165, 1.54) is 4.90 Å². The Morgan fingerprint density at radius 3 is 2.82 bits per heavy atom. The van der Waals surface area contributed by atoms with Crippen LogP contribution >= 0.6 is 0 Å². The van der Waals surface area contributed by atoms with E-state index in [9.17, 15) is 19.8 Å². The topological polar surface area (TPSA) is 99.1 Å². The largest absolute Gasteiger partial charge is 0.390 e. The van der Waals surface area contributed by atoms with Crippen LogP contribution < -0.4 is 5.32 Å². The second kappa shape index (κ2) is 7.89. The summed E-state index contributed by atoms with van der Waals surface area (Å²) in [6.07, 6.45) is 2.72. The van der Waals surface area contributed by atoms with Crippen molar-refractivity contribution in [3.63, 3.8) is 0 Å². The molecule has 0 radical (unpaired) electrons. The van der Waals surface area contributed by atoms with Gasteiger partial charge in [-0.2, -0.15) is 0 Å². The lowest BCUT2D eigenvalue weighted by atomic mass is 9.91. The van der Waals surface area contributed by atoms with Gasteiger partial charge in [0.1, 0.15) is 6.10 Å². The van der Waals surface area contributed by atoms with Crippen molar-refractivity contribution in [2.75, 3.05) is 32.8 Å². The Hall–Kier alpha value is -1.18. The number of nitrogens with zero attached hydrogens (tertiary/aromatic N) is 1. The van der Waals surface area contributed by atoms with Crippen molar-refractivity contribution in [2.24, 2.45) is 0 Å². The molecule has 3 N–H and O–H groups in total. The summed E-state index contributed by atoms with van der Waals surface area (Å²) in [6.45, 7) is 1.94. The highest BCUT2D eigenvalue weighted by Crippen LogP contribution is 2.23. The zero-order valence-electron chi connectivity index (χ0n) is 12.9. The third-order valence-electron chi connectivity index (χ3n) is 4.42. The maximum absolute atomic E-state index is 11.9. The summed E-state index contributed by atoms with van der Waals surface area (Å²) < 4.78 is 5.21.